The van der Waals surface area contributed by atoms with Gasteiger partial charge in [-0.2, -0.15) is 0 Å². The summed E-state index contributed by atoms with van der Waals surface area (Å²) >= 11 is 3.50. The molecule has 0 bridgehead atoms. The maximum absolute atomic E-state index is 5.91. The average molecular weight is 298 g/mol. The van der Waals surface area contributed by atoms with Crippen LogP contribution in [0.3, 0.4) is 0 Å². The van der Waals surface area contributed by atoms with Crippen LogP contribution < -0.4 is 10.5 Å². The molecule has 2 nitrogen and oxygen atoms in total. The normalized spacial score (nSPS) is 17.1. The molecule has 1 aliphatic rings. The molecule has 0 radical (unpaired) electrons. The molecule has 17 heavy (non-hydrogen) atoms. The van der Waals surface area contributed by atoms with Gasteiger partial charge < -0.3 is 10.5 Å². The van der Waals surface area contributed by atoms with Crippen molar-refractivity contribution in [1.82, 2.24) is 0 Å². The maximum atomic E-state index is 5.91. The molecule has 0 spiro atoms. The van der Waals surface area contributed by atoms with Crippen LogP contribution in [0, 0.1) is 12.8 Å². The first kappa shape index (κ1) is 12.7. The van der Waals surface area contributed by atoms with Gasteiger partial charge in [-0.15, -0.1) is 0 Å². The van der Waals surface area contributed by atoms with Crippen LogP contribution in [0.5, 0.6) is 5.75 Å². The summed E-state index contributed by atoms with van der Waals surface area (Å²) in [6, 6.07) is 3.94. The fourth-order valence-electron chi connectivity index (χ4n) is 2.34. The number of nitrogens with two attached hydrogens (primary N) is 1. The van der Waals surface area contributed by atoms with Crippen molar-refractivity contribution in [3.8, 4) is 5.75 Å². The monoisotopic (exact) mass is 297 g/mol. The summed E-state index contributed by atoms with van der Waals surface area (Å²) in [5.41, 5.74) is 7.73. The lowest BCUT2D eigenvalue weighted by Gasteiger charge is -2.22. The number of rotatable bonds is 3. The van der Waals surface area contributed by atoms with E-state index in [0.29, 0.717) is 0 Å². The van der Waals surface area contributed by atoms with Crippen LogP contribution in [0.25, 0.3) is 0 Å². The molecule has 0 aromatic heterocycles. The van der Waals surface area contributed by atoms with Gasteiger partial charge in [0.2, 0.25) is 0 Å². The van der Waals surface area contributed by atoms with E-state index >= 15 is 0 Å². The topological polar surface area (TPSA) is 35.2 Å². The van der Waals surface area contributed by atoms with Crippen LogP contribution in [0.4, 0.5) is 5.69 Å². The minimum atomic E-state index is 0.730. The van der Waals surface area contributed by atoms with Gasteiger partial charge in [0.25, 0.3) is 0 Å². The summed E-state index contributed by atoms with van der Waals surface area (Å²) in [6.07, 6.45) is 6.73. The van der Waals surface area contributed by atoms with Crippen LogP contribution in [0.2, 0.25) is 0 Å². The van der Waals surface area contributed by atoms with Crippen molar-refractivity contribution in [2.45, 2.75) is 39.0 Å². The van der Waals surface area contributed by atoms with E-state index in [1.165, 1.54) is 32.1 Å². The zero-order chi connectivity index (χ0) is 12.3. The molecule has 3 heteroatoms. The van der Waals surface area contributed by atoms with Gasteiger partial charge in [0.15, 0.2) is 0 Å². The molecular weight excluding hydrogens is 278 g/mol. The highest BCUT2D eigenvalue weighted by atomic mass is 79.9. The highest BCUT2D eigenvalue weighted by molar-refractivity contribution is 9.10. The second kappa shape index (κ2) is 5.76. The molecule has 0 atom stereocenters. The Hall–Kier alpha value is -0.700. The van der Waals surface area contributed by atoms with Gasteiger partial charge in [-0.3, -0.25) is 0 Å². The number of aryl methyl sites for hydroxylation is 1. The standard InChI is InChI=1S/C14H20BrNO/c1-10-7-14(12(15)8-13(10)16)17-9-11-5-3-2-4-6-11/h7-8,11H,2-6,9,16H2,1H3. The van der Waals surface area contributed by atoms with E-state index in [1.807, 2.05) is 19.1 Å². The molecule has 1 aromatic carbocycles. The second-order valence-corrected chi connectivity index (χ2v) is 5.81. The molecule has 94 valence electrons. The van der Waals surface area contributed by atoms with Crippen molar-refractivity contribution >= 4 is 21.6 Å². The first-order valence-corrected chi connectivity index (χ1v) is 7.14. The lowest BCUT2D eigenvalue weighted by Crippen LogP contribution is -2.15. The predicted octanol–water partition coefficient (Wildman–Crippen LogP) is 4.30. The second-order valence-electron chi connectivity index (χ2n) is 4.95. The van der Waals surface area contributed by atoms with Gasteiger partial charge in [0, 0.05) is 5.69 Å². The van der Waals surface area contributed by atoms with Gasteiger partial charge in [0.1, 0.15) is 5.75 Å². The smallest absolute Gasteiger partial charge is 0.133 e. The van der Waals surface area contributed by atoms with E-state index in [0.717, 1.165) is 34.0 Å². The molecule has 0 unspecified atom stereocenters. The number of hydrogen-bond donors (Lipinski definition) is 1. The largest absolute Gasteiger partial charge is 0.492 e. The van der Waals surface area contributed by atoms with Crippen molar-refractivity contribution in [3.05, 3.63) is 22.2 Å². The molecular formula is C14H20BrNO. The van der Waals surface area contributed by atoms with Crippen molar-refractivity contribution in [2.75, 3.05) is 12.3 Å². The van der Waals surface area contributed by atoms with E-state index in [-0.39, 0.29) is 0 Å². The Morgan fingerprint density at radius 2 is 2.00 bits per heavy atom. The number of halogens is 1. The number of hydrogen-bond acceptors (Lipinski definition) is 2. The average Bonchev–Trinajstić information content (AvgIpc) is 2.33. The SMILES string of the molecule is Cc1cc(OCC2CCCCC2)c(Br)cc1N. The summed E-state index contributed by atoms with van der Waals surface area (Å²) in [7, 11) is 0. The molecule has 0 amide bonds. The minimum Gasteiger partial charge on any atom is -0.492 e. The Labute approximate surface area is 112 Å². The summed E-state index contributed by atoms with van der Waals surface area (Å²) in [5.74, 6) is 1.65. The summed E-state index contributed by atoms with van der Waals surface area (Å²) in [5, 5.41) is 0. The fraction of sp³-hybridized carbons (Fsp3) is 0.571. The summed E-state index contributed by atoms with van der Waals surface area (Å²) in [4.78, 5) is 0. The lowest BCUT2D eigenvalue weighted by atomic mass is 9.90. The highest BCUT2D eigenvalue weighted by Crippen LogP contribution is 2.31. The molecule has 0 saturated heterocycles. The number of benzene rings is 1. The first-order chi connectivity index (χ1) is 8.16. The molecule has 0 heterocycles. The van der Waals surface area contributed by atoms with E-state index in [2.05, 4.69) is 15.9 Å². The fourth-order valence-corrected chi connectivity index (χ4v) is 2.82. The number of nitrogen functional groups attached to an aromatic ring is 1. The van der Waals surface area contributed by atoms with Gasteiger partial charge in [-0.25, -0.2) is 0 Å². The summed E-state index contributed by atoms with van der Waals surface area (Å²) < 4.78 is 6.86. The quantitative estimate of drug-likeness (QED) is 0.844. The van der Waals surface area contributed by atoms with Gasteiger partial charge >= 0.3 is 0 Å². The molecule has 2 N–H and O–H groups in total. The van der Waals surface area contributed by atoms with Crippen molar-refractivity contribution in [1.29, 1.82) is 0 Å². The molecule has 2 rings (SSSR count). The zero-order valence-electron chi connectivity index (χ0n) is 10.3. The predicted molar refractivity (Wildman–Crippen MR) is 75.4 cm³/mol. The van der Waals surface area contributed by atoms with E-state index in [1.54, 1.807) is 0 Å². The molecule has 0 aliphatic heterocycles. The van der Waals surface area contributed by atoms with E-state index < -0.39 is 0 Å². The van der Waals surface area contributed by atoms with Crippen molar-refractivity contribution in [3.63, 3.8) is 0 Å². The third kappa shape index (κ3) is 3.38. The van der Waals surface area contributed by atoms with Crippen LogP contribution in [-0.4, -0.2) is 6.61 Å². The zero-order valence-corrected chi connectivity index (χ0v) is 11.9. The highest BCUT2D eigenvalue weighted by Gasteiger charge is 2.14. The third-order valence-electron chi connectivity index (χ3n) is 3.52. The maximum Gasteiger partial charge on any atom is 0.133 e. The first-order valence-electron chi connectivity index (χ1n) is 6.35. The van der Waals surface area contributed by atoms with Gasteiger partial charge in [0.05, 0.1) is 11.1 Å². The number of ether oxygens (including phenoxy) is 1. The van der Waals surface area contributed by atoms with E-state index in [4.69, 9.17) is 10.5 Å². The van der Waals surface area contributed by atoms with Crippen LogP contribution >= 0.6 is 15.9 Å². The molecule has 1 fully saturated rings. The van der Waals surface area contributed by atoms with Gasteiger partial charge in [-0.1, -0.05) is 19.3 Å². The Morgan fingerprint density at radius 1 is 1.29 bits per heavy atom. The van der Waals surface area contributed by atoms with Gasteiger partial charge in [-0.05, 0) is 59.3 Å². The Bertz CT molecular complexity index is 386. The number of anilines is 1. The third-order valence-corrected chi connectivity index (χ3v) is 4.14. The van der Waals surface area contributed by atoms with Crippen LogP contribution in [0.1, 0.15) is 37.7 Å². The summed E-state index contributed by atoms with van der Waals surface area (Å²) in [6.45, 7) is 2.84. The Kier molecular flexibility index (Phi) is 4.32. The van der Waals surface area contributed by atoms with Crippen LogP contribution in [0.15, 0.2) is 16.6 Å². The Morgan fingerprint density at radius 3 is 2.71 bits per heavy atom. The van der Waals surface area contributed by atoms with E-state index in [9.17, 15) is 0 Å². The molecule has 1 aromatic rings. The minimum absolute atomic E-state index is 0.730. The Balaban J connectivity index is 1.96. The van der Waals surface area contributed by atoms with Crippen LogP contribution in [-0.2, 0) is 0 Å². The molecule has 1 saturated carbocycles. The van der Waals surface area contributed by atoms with Crippen molar-refractivity contribution < 1.29 is 4.74 Å². The lowest BCUT2D eigenvalue weighted by molar-refractivity contribution is 0.208. The van der Waals surface area contributed by atoms with Crippen molar-refractivity contribution in [2.24, 2.45) is 5.92 Å². The molecule has 1 aliphatic carbocycles.